The molecule has 0 N–H and O–H groups in total. The van der Waals surface area contributed by atoms with Gasteiger partial charge in [0.05, 0.1) is 25.3 Å². The number of rotatable bonds is 8. The van der Waals surface area contributed by atoms with Gasteiger partial charge in [0.2, 0.25) is 0 Å². The Morgan fingerprint density at radius 1 is 0.500 bits per heavy atom. The van der Waals surface area contributed by atoms with Crippen molar-refractivity contribution < 1.29 is 19.1 Å². The zero-order chi connectivity index (χ0) is 26.5. The highest BCUT2D eigenvalue weighted by molar-refractivity contribution is 6.23. The van der Waals surface area contributed by atoms with Crippen LogP contribution in [0.1, 0.15) is 31.8 Å². The topological polar surface area (TPSA) is 78.4 Å². The molecule has 0 fully saturated rings. The van der Waals surface area contributed by atoms with Gasteiger partial charge in [-0.25, -0.2) is 0 Å². The number of ether oxygens (including phenoxy) is 2. The lowest BCUT2D eigenvalue weighted by Crippen LogP contribution is -2.17. The van der Waals surface area contributed by atoms with E-state index < -0.39 is 0 Å². The summed E-state index contributed by atoms with van der Waals surface area (Å²) in [4.78, 5) is 28.3. The van der Waals surface area contributed by atoms with E-state index in [1.54, 1.807) is 111 Å². The molecule has 38 heavy (non-hydrogen) atoms. The largest absolute Gasteiger partial charge is 0.497 e. The van der Waals surface area contributed by atoms with E-state index in [0.29, 0.717) is 45.1 Å². The number of methoxy groups -OCH3 is 2. The van der Waals surface area contributed by atoms with E-state index in [-0.39, 0.29) is 22.7 Å². The minimum Gasteiger partial charge on any atom is -0.497 e. The van der Waals surface area contributed by atoms with Crippen LogP contribution in [0.2, 0.25) is 0 Å². The summed E-state index contributed by atoms with van der Waals surface area (Å²) in [5.74, 6) is 0.682. The predicted molar refractivity (Wildman–Crippen MR) is 146 cm³/mol. The van der Waals surface area contributed by atoms with Crippen molar-refractivity contribution in [2.45, 2.75) is 0 Å². The molecule has 0 aliphatic heterocycles. The van der Waals surface area contributed by atoms with Crippen molar-refractivity contribution in [3.63, 3.8) is 0 Å². The molecule has 0 aliphatic rings. The maximum atomic E-state index is 14.1. The Kier molecular flexibility index (Phi) is 7.04. The maximum Gasteiger partial charge on any atom is 0.196 e. The fourth-order valence-corrected chi connectivity index (χ4v) is 4.25. The van der Waals surface area contributed by atoms with Crippen LogP contribution in [0.15, 0.2) is 109 Å². The third-order valence-corrected chi connectivity index (χ3v) is 6.23. The first-order valence-electron chi connectivity index (χ1n) is 12.0. The summed E-state index contributed by atoms with van der Waals surface area (Å²) in [5.41, 5.74) is 3.18. The fraction of sp³-hybridized carbons (Fsp3) is 0.0625. The Morgan fingerprint density at radius 3 is 1.16 bits per heavy atom. The molecule has 0 aliphatic carbocycles. The van der Waals surface area contributed by atoms with Gasteiger partial charge in [-0.2, -0.15) is 0 Å². The number of hydrogen-bond acceptors (Lipinski definition) is 6. The second-order valence-corrected chi connectivity index (χ2v) is 8.49. The highest BCUT2D eigenvalue weighted by Gasteiger charge is 2.29. The van der Waals surface area contributed by atoms with Gasteiger partial charge >= 0.3 is 0 Å². The number of nitrogens with zero attached hydrogens (tertiary/aromatic N) is 2. The Hall–Kier alpha value is -5.10. The van der Waals surface area contributed by atoms with Crippen LogP contribution in [0.5, 0.6) is 11.5 Å². The molecule has 0 bridgehead atoms. The first kappa shape index (κ1) is 24.6. The molecule has 0 saturated carbocycles. The maximum absolute atomic E-state index is 14.1. The van der Waals surface area contributed by atoms with Gasteiger partial charge < -0.3 is 9.47 Å². The van der Waals surface area contributed by atoms with Gasteiger partial charge in [0.1, 0.15) is 22.9 Å². The first-order valence-corrected chi connectivity index (χ1v) is 12.0. The summed E-state index contributed by atoms with van der Waals surface area (Å²) >= 11 is 0. The lowest BCUT2D eigenvalue weighted by molar-refractivity contribution is 0.100. The molecule has 5 aromatic rings. The molecular formula is C32H24N2O4. The van der Waals surface area contributed by atoms with Crippen molar-refractivity contribution in [1.29, 1.82) is 0 Å². The molecule has 0 atom stereocenters. The van der Waals surface area contributed by atoms with Crippen LogP contribution in [0.4, 0.5) is 0 Å². The molecule has 6 nitrogen and oxygen atoms in total. The zero-order valence-electron chi connectivity index (χ0n) is 20.9. The quantitative estimate of drug-likeness (QED) is 0.233. The molecule has 186 valence electrons. The van der Waals surface area contributed by atoms with Crippen LogP contribution >= 0.6 is 0 Å². The van der Waals surface area contributed by atoms with Crippen LogP contribution in [0.25, 0.3) is 22.5 Å². The van der Waals surface area contributed by atoms with E-state index in [9.17, 15) is 9.59 Å². The van der Waals surface area contributed by atoms with E-state index >= 15 is 0 Å². The van der Waals surface area contributed by atoms with Crippen LogP contribution in [-0.2, 0) is 0 Å². The highest BCUT2D eigenvalue weighted by Crippen LogP contribution is 2.34. The van der Waals surface area contributed by atoms with Crippen LogP contribution in [0, 0.1) is 0 Å². The molecule has 1 heterocycles. The number of benzene rings is 4. The van der Waals surface area contributed by atoms with Crippen molar-refractivity contribution >= 4 is 11.6 Å². The van der Waals surface area contributed by atoms with Crippen molar-refractivity contribution in [2.24, 2.45) is 0 Å². The van der Waals surface area contributed by atoms with Gasteiger partial charge in [0.15, 0.2) is 11.6 Å². The average molecular weight is 501 g/mol. The van der Waals surface area contributed by atoms with Crippen LogP contribution in [-0.4, -0.2) is 36.0 Å². The standard InChI is InChI=1S/C32H24N2O4/c1-37-25-17-13-21(14-18-25)29-27(31(35)23-9-5-3-6-10-23)28(32(36)24-11-7-4-8-12-24)30(34-33-29)22-15-19-26(38-2)20-16-22/h3-20H,1-2H3. The van der Waals surface area contributed by atoms with Gasteiger partial charge in [-0.15, -0.1) is 10.2 Å². The summed E-state index contributed by atoms with van der Waals surface area (Å²) in [7, 11) is 3.17. The Morgan fingerprint density at radius 2 is 0.842 bits per heavy atom. The monoisotopic (exact) mass is 500 g/mol. The van der Waals surface area contributed by atoms with Crippen molar-refractivity contribution in [3.05, 3.63) is 131 Å². The highest BCUT2D eigenvalue weighted by atomic mass is 16.5. The predicted octanol–water partition coefficient (Wildman–Crippen LogP) is 6.29. The Labute approximate surface area is 220 Å². The van der Waals surface area contributed by atoms with Crippen molar-refractivity contribution in [1.82, 2.24) is 10.2 Å². The van der Waals surface area contributed by atoms with E-state index in [0.717, 1.165) is 0 Å². The second kappa shape index (κ2) is 10.9. The average Bonchev–Trinajstić information content (AvgIpc) is 3.00. The lowest BCUT2D eigenvalue weighted by Gasteiger charge is -2.17. The molecule has 0 spiro atoms. The summed E-state index contributed by atoms with van der Waals surface area (Å²) in [6.07, 6.45) is 0. The first-order chi connectivity index (χ1) is 18.6. The summed E-state index contributed by atoms with van der Waals surface area (Å²) < 4.78 is 10.6. The van der Waals surface area contributed by atoms with Crippen LogP contribution < -0.4 is 9.47 Å². The van der Waals surface area contributed by atoms with Gasteiger partial charge in [-0.1, -0.05) is 60.7 Å². The Balaban J connectivity index is 1.83. The molecule has 0 amide bonds. The number of carbonyl (C=O) groups is 2. The Bertz CT molecular complexity index is 1460. The van der Waals surface area contributed by atoms with E-state index in [2.05, 4.69) is 10.2 Å². The molecule has 1 aromatic heterocycles. The van der Waals surface area contributed by atoms with Crippen molar-refractivity contribution in [3.8, 4) is 34.0 Å². The minimum absolute atomic E-state index is 0.191. The van der Waals surface area contributed by atoms with Gasteiger partial charge in [-0.05, 0) is 48.5 Å². The smallest absolute Gasteiger partial charge is 0.196 e. The molecule has 0 saturated heterocycles. The van der Waals surface area contributed by atoms with Crippen LogP contribution in [0.3, 0.4) is 0 Å². The summed E-state index contributed by atoms with van der Waals surface area (Å²) in [5, 5.41) is 9.02. The molecule has 6 heteroatoms. The SMILES string of the molecule is COc1ccc(-c2nnc(-c3ccc(OC)cc3)c(C(=O)c3ccccc3)c2C(=O)c2ccccc2)cc1. The third kappa shape index (κ3) is 4.80. The molecule has 5 rings (SSSR count). The molecule has 0 unspecified atom stereocenters. The van der Waals surface area contributed by atoms with Gasteiger partial charge in [-0.3, -0.25) is 9.59 Å². The van der Waals surface area contributed by atoms with Gasteiger partial charge in [0, 0.05) is 22.3 Å². The molecular weight excluding hydrogens is 476 g/mol. The van der Waals surface area contributed by atoms with E-state index in [1.807, 2.05) is 12.1 Å². The number of hydrogen-bond donors (Lipinski definition) is 0. The molecule has 0 radical (unpaired) electrons. The van der Waals surface area contributed by atoms with E-state index in [4.69, 9.17) is 9.47 Å². The van der Waals surface area contributed by atoms with E-state index in [1.165, 1.54) is 0 Å². The lowest BCUT2D eigenvalue weighted by atomic mass is 9.88. The van der Waals surface area contributed by atoms with Crippen molar-refractivity contribution in [2.75, 3.05) is 14.2 Å². The number of aromatic nitrogens is 2. The van der Waals surface area contributed by atoms with Gasteiger partial charge in [0.25, 0.3) is 0 Å². The fourth-order valence-electron chi connectivity index (χ4n) is 4.25. The summed E-state index contributed by atoms with van der Waals surface area (Å²) in [6.45, 7) is 0. The summed E-state index contributed by atoms with van der Waals surface area (Å²) in [6, 6.07) is 32.1. The second-order valence-electron chi connectivity index (χ2n) is 8.49. The third-order valence-electron chi connectivity index (χ3n) is 6.23. The molecule has 4 aromatic carbocycles. The zero-order valence-corrected chi connectivity index (χ0v) is 20.9. The number of carbonyl (C=O) groups excluding carboxylic acids is 2. The minimum atomic E-state index is -0.319. The normalized spacial score (nSPS) is 10.6. The number of ketones is 2.